The third-order valence-corrected chi connectivity index (χ3v) is 8.40. The van der Waals surface area contributed by atoms with E-state index in [0.717, 1.165) is 34.8 Å². The van der Waals surface area contributed by atoms with Crippen LogP contribution >= 0.6 is 0 Å². The van der Waals surface area contributed by atoms with Gasteiger partial charge in [0.05, 0.1) is 23.1 Å². The van der Waals surface area contributed by atoms with Crippen molar-refractivity contribution in [3.05, 3.63) is 78.0 Å². The van der Waals surface area contributed by atoms with E-state index in [4.69, 9.17) is 4.98 Å². The molecule has 6 nitrogen and oxygen atoms in total. The smallest absolute Gasteiger partial charge is 0.116 e. The lowest BCUT2D eigenvalue weighted by molar-refractivity contribution is 0.218. The number of nitrogens with zero attached hydrogens (tertiary/aromatic N) is 5. The number of aromatic nitrogens is 3. The molecule has 0 spiro atoms. The molecule has 39 heavy (non-hydrogen) atoms. The van der Waals surface area contributed by atoms with Gasteiger partial charge in [-0.05, 0) is 127 Å². The number of rotatable bonds is 6. The first-order chi connectivity index (χ1) is 18.9. The lowest BCUT2D eigenvalue weighted by Gasteiger charge is -2.28. The number of allylic oxidation sites excluding steroid dienone is 2. The molecule has 2 fully saturated rings. The number of fused-ring (bicyclic) bond motifs is 1. The lowest BCUT2D eigenvalue weighted by atomic mass is 9.90. The van der Waals surface area contributed by atoms with Gasteiger partial charge in [0, 0.05) is 23.7 Å². The second-order valence-corrected chi connectivity index (χ2v) is 11.2. The largest absolute Gasteiger partial charge is 0.387 e. The van der Waals surface area contributed by atoms with Crippen molar-refractivity contribution >= 4 is 22.2 Å². The second kappa shape index (κ2) is 13.8. The number of piperidine rings is 2. The van der Waals surface area contributed by atoms with E-state index in [1.165, 1.54) is 74.1 Å². The van der Waals surface area contributed by atoms with Gasteiger partial charge < -0.3 is 15.1 Å². The van der Waals surface area contributed by atoms with Crippen LogP contribution in [-0.2, 0) is 6.42 Å². The second-order valence-electron chi connectivity index (χ2n) is 11.2. The third-order valence-electron chi connectivity index (χ3n) is 8.40. The Balaban J connectivity index is 0.000000333. The number of aryl methyl sites for hydroxylation is 1. The first-order valence-corrected chi connectivity index (χ1v) is 14.5. The van der Waals surface area contributed by atoms with Crippen LogP contribution in [0.3, 0.4) is 0 Å². The lowest BCUT2D eigenvalue weighted by Crippen LogP contribution is -2.31. The summed E-state index contributed by atoms with van der Waals surface area (Å²) in [5.74, 6) is 1.49. The van der Waals surface area contributed by atoms with Gasteiger partial charge in [0.25, 0.3) is 0 Å². The summed E-state index contributed by atoms with van der Waals surface area (Å²) in [5, 5.41) is 4.37. The molecule has 0 aliphatic carbocycles. The summed E-state index contributed by atoms with van der Waals surface area (Å²) in [4.78, 5) is 18.6. The number of hydrogen-bond donors (Lipinski definition) is 1. The van der Waals surface area contributed by atoms with Crippen molar-refractivity contribution in [2.45, 2.75) is 46.0 Å². The molecule has 208 valence electrons. The van der Waals surface area contributed by atoms with Crippen LogP contribution in [0, 0.1) is 18.8 Å². The Hall–Kier alpha value is -3.09. The first kappa shape index (κ1) is 28.9. The minimum atomic E-state index is 0.697. The summed E-state index contributed by atoms with van der Waals surface area (Å²) >= 11 is 0. The van der Waals surface area contributed by atoms with Crippen molar-refractivity contribution < 1.29 is 0 Å². The minimum absolute atomic E-state index is 0.697. The maximum Gasteiger partial charge on any atom is 0.116 e. The van der Waals surface area contributed by atoms with Crippen molar-refractivity contribution in [1.82, 2.24) is 24.8 Å². The average Bonchev–Trinajstić information content (AvgIpc) is 2.96. The van der Waals surface area contributed by atoms with E-state index in [9.17, 15) is 0 Å². The number of pyridine rings is 1. The highest BCUT2D eigenvalue weighted by atomic mass is 15.1. The van der Waals surface area contributed by atoms with Crippen LogP contribution in [0.25, 0.3) is 16.5 Å². The molecule has 3 aromatic rings. The van der Waals surface area contributed by atoms with Crippen LogP contribution in [0.15, 0.2) is 55.5 Å². The van der Waals surface area contributed by atoms with Gasteiger partial charge in [0.2, 0.25) is 0 Å². The fraction of sp³-hybridized carbons (Fsp3) is 0.485. The molecule has 0 saturated carbocycles. The summed E-state index contributed by atoms with van der Waals surface area (Å²) in [7, 11) is 6.31. The summed E-state index contributed by atoms with van der Waals surface area (Å²) in [6.45, 7) is 12.8. The van der Waals surface area contributed by atoms with Crippen LogP contribution in [0.1, 0.15) is 55.1 Å². The summed E-state index contributed by atoms with van der Waals surface area (Å²) < 4.78 is 0. The third kappa shape index (κ3) is 7.52. The molecule has 2 aliphatic rings. The highest BCUT2D eigenvalue weighted by Gasteiger charge is 2.19. The van der Waals surface area contributed by atoms with Crippen LogP contribution in [0.2, 0.25) is 0 Å². The topological polar surface area (TPSA) is 57.2 Å². The Labute approximate surface area is 235 Å². The molecule has 0 atom stereocenters. The normalized spacial score (nSPS) is 18.0. The molecule has 5 rings (SSSR count). The maximum atomic E-state index is 4.70. The predicted molar refractivity (Wildman–Crippen MR) is 165 cm³/mol. The molecule has 0 amide bonds. The monoisotopic (exact) mass is 526 g/mol. The summed E-state index contributed by atoms with van der Waals surface area (Å²) in [5.41, 5.74) is 7.75. The van der Waals surface area contributed by atoms with Gasteiger partial charge in [-0.2, -0.15) is 0 Å². The molecule has 1 aromatic carbocycles. The molecule has 2 aromatic heterocycles. The van der Waals surface area contributed by atoms with Gasteiger partial charge in [-0.25, -0.2) is 9.97 Å². The van der Waals surface area contributed by atoms with Gasteiger partial charge in [-0.1, -0.05) is 18.2 Å². The van der Waals surface area contributed by atoms with Crippen molar-refractivity contribution in [2.24, 2.45) is 11.8 Å². The molecule has 4 heterocycles. The van der Waals surface area contributed by atoms with Crippen LogP contribution in [0.5, 0.6) is 0 Å². The molecule has 0 radical (unpaired) electrons. The SMILES string of the molecule is C/C=C(/c1ccc2ncnc(CC3CCN(C)CC3)c2c1)c1cc(NC)cnc1C.C=CC1CCN(C)CC1. The number of hydrogen-bond acceptors (Lipinski definition) is 6. The Bertz CT molecular complexity index is 1270. The fourth-order valence-corrected chi connectivity index (χ4v) is 5.66. The average molecular weight is 527 g/mol. The van der Waals surface area contributed by atoms with E-state index in [2.05, 4.69) is 96.0 Å². The number of anilines is 1. The first-order valence-electron chi connectivity index (χ1n) is 14.5. The standard InChI is InChI=1S/C25H31N5.C8H15N/c1-5-21(22-14-20(26-3)15-27-17(22)2)19-6-7-24-23(13-19)25(29-16-28-24)12-18-8-10-30(4)11-9-18;1-3-8-4-6-9(2)7-5-8/h5-7,13-16,18,26H,8-12H2,1-4H3;3,8H,1,4-7H2,2H3/b21-5-;. The minimum Gasteiger partial charge on any atom is -0.387 e. The fourth-order valence-electron chi connectivity index (χ4n) is 5.66. The van der Waals surface area contributed by atoms with Crippen molar-refractivity contribution in [1.29, 1.82) is 0 Å². The highest BCUT2D eigenvalue weighted by Crippen LogP contribution is 2.31. The molecular formula is C33H46N6. The summed E-state index contributed by atoms with van der Waals surface area (Å²) in [6.07, 6.45) is 14.0. The van der Waals surface area contributed by atoms with Crippen molar-refractivity contribution in [2.75, 3.05) is 52.6 Å². The zero-order valence-electron chi connectivity index (χ0n) is 24.6. The number of benzene rings is 1. The highest BCUT2D eigenvalue weighted by molar-refractivity contribution is 5.89. The summed E-state index contributed by atoms with van der Waals surface area (Å²) in [6, 6.07) is 8.72. The Morgan fingerprint density at radius 1 is 1.00 bits per heavy atom. The van der Waals surface area contributed by atoms with Gasteiger partial charge in [-0.15, -0.1) is 6.58 Å². The molecule has 6 heteroatoms. The van der Waals surface area contributed by atoms with E-state index >= 15 is 0 Å². The molecule has 0 bridgehead atoms. The van der Waals surface area contributed by atoms with Crippen molar-refractivity contribution in [3.8, 4) is 0 Å². The van der Waals surface area contributed by atoms with Crippen LogP contribution in [0.4, 0.5) is 5.69 Å². The Kier molecular flexibility index (Phi) is 10.2. The van der Waals surface area contributed by atoms with Gasteiger partial charge in [0.15, 0.2) is 0 Å². The van der Waals surface area contributed by atoms with Crippen LogP contribution in [-0.4, -0.2) is 72.1 Å². The van der Waals surface area contributed by atoms with E-state index in [0.29, 0.717) is 5.92 Å². The van der Waals surface area contributed by atoms with Gasteiger partial charge in [0.1, 0.15) is 6.33 Å². The quantitative estimate of drug-likeness (QED) is 0.385. The molecule has 2 aliphatic heterocycles. The molecule has 1 N–H and O–H groups in total. The Morgan fingerprint density at radius 3 is 2.33 bits per heavy atom. The maximum absolute atomic E-state index is 4.70. The van der Waals surface area contributed by atoms with Gasteiger partial charge in [-0.3, -0.25) is 4.98 Å². The number of nitrogens with one attached hydrogen (secondary N) is 1. The Morgan fingerprint density at radius 2 is 1.69 bits per heavy atom. The predicted octanol–water partition coefficient (Wildman–Crippen LogP) is 6.23. The van der Waals surface area contributed by atoms with Gasteiger partial charge >= 0.3 is 0 Å². The van der Waals surface area contributed by atoms with Crippen LogP contribution < -0.4 is 5.32 Å². The van der Waals surface area contributed by atoms with E-state index in [1.54, 1.807) is 6.33 Å². The van der Waals surface area contributed by atoms with E-state index < -0.39 is 0 Å². The number of likely N-dealkylation sites (tertiary alicyclic amines) is 2. The van der Waals surface area contributed by atoms with E-state index in [1.807, 2.05) is 13.2 Å². The zero-order valence-corrected chi connectivity index (χ0v) is 24.6. The van der Waals surface area contributed by atoms with E-state index in [-0.39, 0.29) is 0 Å². The van der Waals surface area contributed by atoms with Crippen molar-refractivity contribution in [3.63, 3.8) is 0 Å². The molecule has 2 saturated heterocycles. The molecular weight excluding hydrogens is 480 g/mol. The zero-order chi connectivity index (χ0) is 27.8. The molecule has 0 unspecified atom stereocenters.